The summed E-state index contributed by atoms with van der Waals surface area (Å²) in [6.07, 6.45) is 5.79. The van der Waals surface area contributed by atoms with Crippen molar-refractivity contribution in [3.8, 4) is 0 Å². The van der Waals surface area contributed by atoms with Crippen molar-refractivity contribution in [3.63, 3.8) is 0 Å². The third-order valence-electron chi connectivity index (χ3n) is 3.15. The fourth-order valence-electron chi connectivity index (χ4n) is 2.21. The lowest BCUT2D eigenvalue weighted by molar-refractivity contribution is -0.123. The van der Waals surface area contributed by atoms with Crippen molar-refractivity contribution in [1.29, 1.82) is 0 Å². The highest BCUT2D eigenvalue weighted by Crippen LogP contribution is 2.12. The molecule has 0 saturated carbocycles. The molecule has 1 unspecified atom stereocenters. The first-order valence-corrected chi connectivity index (χ1v) is 5.99. The lowest BCUT2D eigenvalue weighted by Gasteiger charge is -2.23. The van der Waals surface area contributed by atoms with Crippen molar-refractivity contribution in [1.82, 2.24) is 10.6 Å². The van der Waals surface area contributed by atoms with Crippen LogP contribution in [0.2, 0.25) is 0 Å². The summed E-state index contributed by atoms with van der Waals surface area (Å²) in [5, 5.41) is 6.16. The summed E-state index contributed by atoms with van der Waals surface area (Å²) in [5.74, 6) is 0.140. The Morgan fingerprint density at radius 1 is 1.31 bits per heavy atom. The molecule has 94 valence electrons. The van der Waals surface area contributed by atoms with Crippen molar-refractivity contribution < 1.29 is 9.53 Å². The molecule has 0 spiro atoms. The van der Waals surface area contributed by atoms with Gasteiger partial charge in [0.05, 0.1) is 12.1 Å². The van der Waals surface area contributed by atoms with E-state index < -0.39 is 0 Å². The van der Waals surface area contributed by atoms with Gasteiger partial charge in [0.1, 0.15) is 0 Å². The number of rotatable bonds is 3. The molecule has 2 aliphatic heterocycles. The maximum Gasteiger partial charge on any atom is 0.237 e. The summed E-state index contributed by atoms with van der Waals surface area (Å²) in [6.45, 7) is 2.50. The standard InChI is InChI=1S/C11H20N2O2.ClH/c14-11(10-5-3-6-12-10)13-8-9-4-1-2-7-15-9;/h9-10,12H,1-8H2,(H,13,14);1H/t9?,10-;/m0./s1. The Hall–Kier alpha value is -0.320. The molecule has 2 atom stereocenters. The molecule has 0 aromatic rings. The molecule has 2 rings (SSSR count). The van der Waals surface area contributed by atoms with Crippen molar-refractivity contribution in [2.75, 3.05) is 19.7 Å². The van der Waals surface area contributed by atoms with E-state index in [1.165, 1.54) is 6.42 Å². The lowest BCUT2D eigenvalue weighted by atomic mass is 10.1. The highest BCUT2D eigenvalue weighted by atomic mass is 35.5. The average Bonchev–Trinajstić information content (AvgIpc) is 2.81. The van der Waals surface area contributed by atoms with Crippen molar-refractivity contribution in [2.45, 2.75) is 44.2 Å². The largest absolute Gasteiger partial charge is 0.376 e. The zero-order valence-corrected chi connectivity index (χ0v) is 10.4. The summed E-state index contributed by atoms with van der Waals surface area (Å²) in [7, 11) is 0. The molecule has 0 bridgehead atoms. The maximum absolute atomic E-state index is 11.7. The second-order valence-electron chi connectivity index (χ2n) is 4.38. The van der Waals surface area contributed by atoms with E-state index in [2.05, 4.69) is 10.6 Å². The zero-order valence-electron chi connectivity index (χ0n) is 9.54. The molecule has 2 heterocycles. The van der Waals surface area contributed by atoms with Crippen LogP contribution in [-0.2, 0) is 9.53 Å². The van der Waals surface area contributed by atoms with E-state index in [-0.39, 0.29) is 30.5 Å². The van der Waals surface area contributed by atoms with Crippen molar-refractivity contribution in [3.05, 3.63) is 0 Å². The molecule has 0 aromatic carbocycles. The van der Waals surface area contributed by atoms with Gasteiger partial charge >= 0.3 is 0 Å². The van der Waals surface area contributed by atoms with Gasteiger partial charge in [-0.2, -0.15) is 0 Å². The van der Waals surface area contributed by atoms with E-state index in [9.17, 15) is 4.79 Å². The van der Waals surface area contributed by atoms with Crippen LogP contribution in [0.15, 0.2) is 0 Å². The van der Waals surface area contributed by atoms with Gasteiger partial charge in [0.25, 0.3) is 0 Å². The minimum Gasteiger partial charge on any atom is -0.376 e. The molecule has 2 N–H and O–H groups in total. The topological polar surface area (TPSA) is 50.4 Å². The summed E-state index contributed by atoms with van der Waals surface area (Å²) in [5.41, 5.74) is 0. The SMILES string of the molecule is Cl.O=C(NCC1CCCCO1)[C@@H]1CCCN1. The van der Waals surface area contributed by atoms with Gasteiger partial charge in [-0.1, -0.05) is 0 Å². The molecule has 0 radical (unpaired) electrons. The summed E-state index contributed by atoms with van der Waals surface area (Å²) in [4.78, 5) is 11.7. The van der Waals surface area contributed by atoms with Crippen molar-refractivity contribution >= 4 is 18.3 Å². The van der Waals surface area contributed by atoms with E-state index >= 15 is 0 Å². The smallest absolute Gasteiger partial charge is 0.237 e. The Morgan fingerprint density at radius 3 is 2.81 bits per heavy atom. The first-order chi connectivity index (χ1) is 7.36. The number of nitrogens with one attached hydrogen (secondary N) is 2. The van der Waals surface area contributed by atoms with E-state index in [1.807, 2.05) is 0 Å². The fraction of sp³-hybridized carbons (Fsp3) is 0.909. The zero-order chi connectivity index (χ0) is 10.5. The molecule has 1 amide bonds. The van der Waals surface area contributed by atoms with Crippen LogP contribution in [0.3, 0.4) is 0 Å². The van der Waals surface area contributed by atoms with Gasteiger partial charge in [-0.25, -0.2) is 0 Å². The minimum absolute atomic E-state index is 0. The van der Waals surface area contributed by atoms with Crippen LogP contribution in [-0.4, -0.2) is 37.7 Å². The first-order valence-electron chi connectivity index (χ1n) is 5.99. The number of hydrogen-bond donors (Lipinski definition) is 2. The molecule has 4 nitrogen and oxygen atoms in total. The number of hydrogen-bond acceptors (Lipinski definition) is 3. The maximum atomic E-state index is 11.7. The van der Waals surface area contributed by atoms with Gasteiger partial charge < -0.3 is 15.4 Å². The van der Waals surface area contributed by atoms with Gasteiger partial charge in [0.2, 0.25) is 5.91 Å². The summed E-state index contributed by atoms with van der Waals surface area (Å²) in [6, 6.07) is 0.0357. The second-order valence-corrected chi connectivity index (χ2v) is 4.38. The van der Waals surface area contributed by atoms with Crippen LogP contribution in [0, 0.1) is 0 Å². The quantitative estimate of drug-likeness (QED) is 0.779. The molecular formula is C11H21ClN2O2. The molecule has 0 aliphatic carbocycles. The van der Waals surface area contributed by atoms with E-state index in [0.29, 0.717) is 6.54 Å². The third kappa shape index (κ3) is 3.92. The fourth-order valence-corrected chi connectivity index (χ4v) is 2.21. The molecule has 2 saturated heterocycles. The lowest BCUT2D eigenvalue weighted by Crippen LogP contribution is -2.44. The Kier molecular flexibility index (Phi) is 6.09. The van der Waals surface area contributed by atoms with Crippen molar-refractivity contribution in [2.24, 2.45) is 0 Å². The predicted molar refractivity (Wildman–Crippen MR) is 64.9 cm³/mol. The second kappa shape index (κ2) is 7.09. The van der Waals surface area contributed by atoms with E-state index in [0.717, 1.165) is 38.8 Å². The van der Waals surface area contributed by atoms with Gasteiger partial charge in [-0.05, 0) is 38.6 Å². The normalized spacial score (nSPS) is 29.5. The molecular weight excluding hydrogens is 228 g/mol. The van der Waals surface area contributed by atoms with Gasteiger partial charge in [-0.15, -0.1) is 12.4 Å². The monoisotopic (exact) mass is 248 g/mol. The van der Waals surface area contributed by atoms with E-state index in [1.54, 1.807) is 0 Å². The Balaban J connectivity index is 0.00000128. The van der Waals surface area contributed by atoms with Crippen LogP contribution in [0.1, 0.15) is 32.1 Å². The average molecular weight is 249 g/mol. The van der Waals surface area contributed by atoms with Crippen LogP contribution < -0.4 is 10.6 Å². The first kappa shape index (κ1) is 13.7. The van der Waals surface area contributed by atoms with Crippen LogP contribution in [0.25, 0.3) is 0 Å². The van der Waals surface area contributed by atoms with Crippen LogP contribution >= 0.6 is 12.4 Å². The molecule has 0 aromatic heterocycles. The highest BCUT2D eigenvalue weighted by Gasteiger charge is 2.23. The minimum atomic E-state index is 0. The van der Waals surface area contributed by atoms with Gasteiger partial charge in [-0.3, -0.25) is 4.79 Å². The summed E-state index contributed by atoms with van der Waals surface area (Å²) >= 11 is 0. The highest BCUT2D eigenvalue weighted by molar-refractivity contribution is 5.85. The van der Waals surface area contributed by atoms with Crippen LogP contribution in [0.5, 0.6) is 0 Å². The number of carbonyl (C=O) groups is 1. The Morgan fingerprint density at radius 2 is 2.19 bits per heavy atom. The predicted octanol–water partition coefficient (Wildman–Crippen LogP) is 0.845. The molecule has 2 aliphatic rings. The Bertz CT molecular complexity index is 214. The molecule has 16 heavy (non-hydrogen) atoms. The van der Waals surface area contributed by atoms with Crippen LogP contribution in [0.4, 0.5) is 0 Å². The molecule has 5 heteroatoms. The molecule has 2 fully saturated rings. The van der Waals surface area contributed by atoms with Gasteiger partial charge in [0, 0.05) is 13.2 Å². The number of ether oxygens (including phenoxy) is 1. The number of amides is 1. The summed E-state index contributed by atoms with van der Waals surface area (Å²) < 4.78 is 5.56. The third-order valence-corrected chi connectivity index (χ3v) is 3.15. The van der Waals surface area contributed by atoms with E-state index in [4.69, 9.17) is 4.74 Å². The van der Waals surface area contributed by atoms with Gasteiger partial charge in [0.15, 0.2) is 0 Å². The number of halogens is 1. The number of carbonyl (C=O) groups excluding carboxylic acids is 1. The Labute approximate surface area is 103 Å².